The summed E-state index contributed by atoms with van der Waals surface area (Å²) in [6.07, 6.45) is 0.384. The predicted octanol–water partition coefficient (Wildman–Crippen LogP) is 3.31. The minimum absolute atomic E-state index is 0.345. The Morgan fingerprint density at radius 1 is 1.39 bits per heavy atom. The number of alkyl halides is 1. The van der Waals surface area contributed by atoms with E-state index in [0.29, 0.717) is 24.5 Å². The van der Waals surface area contributed by atoms with Gasteiger partial charge in [-0.2, -0.15) is 0 Å². The number of rotatable bonds is 8. The zero-order valence-electron chi connectivity index (χ0n) is 10.8. The van der Waals surface area contributed by atoms with Crippen LogP contribution in [0.2, 0.25) is 0 Å². The van der Waals surface area contributed by atoms with E-state index in [1.165, 1.54) is 0 Å². The Hall–Kier alpha value is -0.810. The van der Waals surface area contributed by atoms with Gasteiger partial charge in [0.15, 0.2) is 11.5 Å². The van der Waals surface area contributed by atoms with E-state index in [9.17, 15) is 4.39 Å². The highest BCUT2D eigenvalue weighted by atomic mass is 79.9. The van der Waals surface area contributed by atoms with Crippen LogP contribution in [0.15, 0.2) is 16.6 Å². The van der Waals surface area contributed by atoms with E-state index in [0.717, 1.165) is 23.1 Å². The van der Waals surface area contributed by atoms with E-state index in [1.807, 2.05) is 12.1 Å². The summed E-state index contributed by atoms with van der Waals surface area (Å²) in [6.45, 7) is 3.71. The topological polar surface area (TPSA) is 30.5 Å². The van der Waals surface area contributed by atoms with Gasteiger partial charge < -0.3 is 14.8 Å². The zero-order valence-corrected chi connectivity index (χ0v) is 12.3. The molecule has 1 aromatic carbocycles. The second kappa shape index (κ2) is 8.32. The molecule has 5 heteroatoms. The first-order chi connectivity index (χ1) is 8.72. The predicted molar refractivity (Wildman–Crippen MR) is 74.2 cm³/mol. The molecule has 0 heterocycles. The van der Waals surface area contributed by atoms with Crippen LogP contribution in [-0.2, 0) is 6.54 Å². The standard InChI is InChI=1S/C13H19BrFNO2/c1-3-16-9-10-7-11(14)13(12(8-10)17-2)18-6-4-5-15/h7-8,16H,3-6,9H2,1-2H3. The van der Waals surface area contributed by atoms with Crippen molar-refractivity contribution in [2.24, 2.45) is 0 Å². The summed E-state index contributed by atoms with van der Waals surface area (Å²) in [5.74, 6) is 1.29. The molecule has 0 aromatic heterocycles. The van der Waals surface area contributed by atoms with Gasteiger partial charge in [0.05, 0.1) is 24.9 Å². The van der Waals surface area contributed by atoms with Crippen molar-refractivity contribution in [2.45, 2.75) is 19.9 Å². The average Bonchev–Trinajstić information content (AvgIpc) is 2.38. The second-order valence-electron chi connectivity index (χ2n) is 3.78. The molecule has 0 fully saturated rings. The van der Waals surface area contributed by atoms with Crippen molar-refractivity contribution in [3.05, 3.63) is 22.2 Å². The number of nitrogens with one attached hydrogen (secondary N) is 1. The first-order valence-corrected chi connectivity index (χ1v) is 6.78. The van der Waals surface area contributed by atoms with Gasteiger partial charge in [0.25, 0.3) is 0 Å². The zero-order chi connectivity index (χ0) is 13.4. The van der Waals surface area contributed by atoms with Gasteiger partial charge in [-0.15, -0.1) is 0 Å². The molecule has 0 spiro atoms. The van der Waals surface area contributed by atoms with E-state index in [-0.39, 0.29) is 6.67 Å². The lowest BCUT2D eigenvalue weighted by atomic mass is 10.2. The Morgan fingerprint density at radius 2 is 2.17 bits per heavy atom. The van der Waals surface area contributed by atoms with E-state index < -0.39 is 0 Å². The van der Waals surface area contributed by atoms with Gasteiger partial charge in [-0.25, -0.2) is 0 Å². The molecule has 0 bridgehead atoms. The van der Waals surface area contributed by atoms with Crippen molar-refractivity contribution < 1.29 is 13.9 Å². The molecule has 3 nitrogen and oxygen atoms in total. The third-order valence-electron chi connectivity index (χ3n) is 2.39. The summed E-state index contributed by atoms with van der Waals surface area (Å²) in [5, 5.41) is 3.25. The SMILES string of the molecule is CCNCc1cc(Br)c(OCCCF)c(OC)c1. The molecule has 0 aliphatic rings. The molecule has 0 atom stereocenters. The molecular formula is C13H19BrFNO2. The van der Waals surface area contributed by atoms with Crippen LogP contribution in [0, 0.1) is 0 Å². The summed E-state index contributed by atoms with van der Waals surface area (Å²) in [6, 6.07) is 3.91. The van der Waals surface area contributed by atoms with Crippen LogP contribution < -0.4 is 14.8 Å². The van der Waals surface area contributed by atoms with Crippen LogP contribution in [0.1, 0.15) is 18.9 Å². The molecule has 1 N–H and O–H groups in total. The molecule has 1 rings (SSSR count). The average molecular weight is 320 g/mol. The van der Waals surface area contributed by atoms with Crippen LogP contribution in [0.25, 0.3) is 0 Å². The largest absolute Gasteiger partial charge is 0.493 e. The number of hydrogen-bond acceptors (Lipinski definition) is 3. The van der Waals surface area contributed by atoms with E-state index >= 15 is 0 Å². The monoisotopic (exact) mass is 319 g/mol. The number of halogens is 2. The van der Waals surface area contributed by atoms with Gasteiger partial charge >= 0.3 is 0 Å². The molecule has 0 saturated heterocycles. The molecular weight excluding hydrogens is 301 g/mol. The van der Waals surface area contributed by atoms with Gasteiger partial charge in [0.1, 0.15) is 0 Å². The van der Waals surface area contributed by atoms with Gasteiger partial charge in [-0.3, -0.25) is 4.39 Å². The van der Waals surface area contributed by atoms with Gasteiger partial charge in [-0.05, 0) is 40.2 Å². The number of benzene rings is 1. The molecule has 1 aromatic rings. The minimum Gasteiger partial charge on any atom is -0.493 e. The van der Waals surface area contributed by atoms with Crippen molar-refractivity contribution in [1.82, 2.24) is 5.32 Å². The highest BCUT2D eigenvalue weighted by molar-refractivity contribution is 9.10. The fourth-order valence-electron chi connectivity index (χ4n) is 1.51. The molecule has 0 saturated carbocycles. The third kappa shape index (κ3) is 4.46. The van der Waals surface area contributed by atoms with Crippen molar-refractivity contribution in [1.29, 1.82) is 0 Å². The molecule has 102 valence electrons. The summed E-state index contributed by atoms with van der Waals surface area (Å²) in [4.78, 5) is 0. The maximum atomic E-state index is 12.1. The van der Waals surface area contributed by atoms with E-state index in [4.69, 9.17) is 9.47 Å². The quantitative estimate of drug-likeness (QED) is 0.746. The first kappa shape index (κ1) is 15.2. The number of ether oxygens (including phenoxy) is 2. The number of methoxy groups -OCH3 is 1. The van der Waals surface area contributed by atoms with Crippen molar-refractivity contribution >= 4 is 15.9 Å². The smallest absolute Gasteiger partial charge is 0.175 e. The number of hydrogen-bond donors (Lipinski definition) is 1. The van der Waals surface area contributed by atoms with Gasteiger partial charge in [0.2, 0.25) is 0 Å². The Kier molecular flexibility index (Phi) is 7.05. The van der Waals surface area contributed by atoms with E-state index in [2.05, 4.69) is 28.2 Å². The van der Waals surface area contributed by atoms with Crippen molar-refractivity contribution in [3.8, 4) is 11.5 Å². The Bertz CT molecular complexity index is 374. The lowest BCUT2D eigenvalue weighted by Crippen LogP contribution is -2.12. The van der Waals surface area contributed by atoms with Crippen molar-refractivity contribution in [2.75, 3.05) is 26.9 Å². The maximum absolute atomic E-state index is 12.1. The van der Waals surface area contributed by atoms with Gasteiger partial charge in [-0.1, -0.05) is 6.92 Å². The molecule has 0 amide bonds. The highest BCUT2D eigenvalue weighted by Gasteiger charge is 2.11. The highest BCUT2D eigenvalue weighted by Crippen LogP contribution is 2.36. The lowest BCUT2D eigenvalue weighted by Gasteiger charge is -2.14. The Morgan fingerprint density at radius 3 is 2.78 bits per heavy atom. The third-order valence-corrected chi connectivity index (χ3v) is 2.98. The molecule has 0 aliphatic heterocycles. The lowest BCUT2D eigenvalue weighted by molar-refractivity contribution is 0.272. The van der Waals surface area contributed by atoms with Crippen LogP contribution >= 0.6 is 15.9 Å². The summed E-state index contributed by atoms with van der Waals surface area (Å²) < 4.78 is 23.7. The molecule has 0 unspecified atom stereocenters. The summed E-state index contributed by atoms with van der Waals surface area (Å²) in [5.41, 5.74) is 1.11. The second-order valence-corrected chi connectivity index (χ2v) is 4.63. The maximum Gasteiger partial charge on any atom is 0.175 e. The van der Waals surface area contributed by atoms with Crippen LogP contribution in [0.5, 0.6) is 11.5 Å². The normalized spacial score (nSPS) is 10.4. The molecule has 0 radical (unpaired) electrons. The molecule has 0 aliphatic carbocycles. The van der Waals surface area contributed by atoms with E-state index in [1.54, 1.807) is 7.11 Å². The van der Waals surface area contributed by atoms with Crippen LogP contribution in [0.3, 0.4) is 0 Å². The Labute approximate surface area is 116 Å². The van der Waals surface area contributed by atoms with Gasteiger partial charge in [0, 0.05) is 13.0 Å². The summed E-state index contributed by atoms with van der Waals surface area (Å²) in [7, 11) is 1.60. The Balaban J connectivity index is 2.82. The van der Waals surface area contributed by atoms with Crippen LogP contribution in [-0.4, -0.2) is 26.9 Å². The fourth-order valence-corrected chi connectivity index (χ4v) is 2.12. The van der Waals surface area contributed by atoms with Crippen LogP contribution in [0.4, 0.5) is 4.39 Å². The first-order valence-electron chi connectivity index (χ1n) is 5.98. The summed E-state index contributed by atoms with van der Waals surface area (Å²) >= 11 is 3.46. The molecule has 18 heavy (non-hydrogen) atoms. The van der Waals surface area contributed by atoms with Crippen molar-refractivity contribution in [3.63, 3.8) is 0 Å². The fraction of sp³-hybridized carbons (Fsp3) is 0.538. The minimum atomic E-state index is -0.377.